The van der Waals surface area contributed by atoms with Crippen molar-refractivity contribution < 1.29 is 13.9 Å². The maximum Gasteiger partial charge on any atom is 0.167 e. The highest BCUT2D eigenvalue weighted by Gasteiger charge is 2.26. The number of aldehydes is 1. The normalized spacial score (nSPS) is 20.4. The summed E-state index contributed by atoms with van der Waals surface area (Å²) in [5.74, 6) is 5.30. The molecule has 2 atom stereocenters. The lowest BCUT2D eigenvalue weighted by Crippen LogP contribution is -2.46. The van der Waals surface area contributed by atoms with Crippen molar-refractivity contribution >= 4 is 23.3 Å². The Balaban J connectivity index is 1.95. The largest absolute Gasteiger partial charge is 0.372 e. The topological polar surface area (TPSA) is 42.4 Å². The van der Waals surface area contributed by atoms with Crippen LogP contribution in [0.5, 0.6) is 0 Å². The van der Waals surface area contributed by atoms with E-state index in [4.69, 9.17) is 4.74 Å². The van der Waals surface area contributed by atoms with E-state index in [9.17, 15) is 9.18 Å². The minimum absolute atomic E-state index is 0.0166. The molecular formula is C18H17FN2O2S. The summed E-state index contributed by atoms with van der Waals surface area (Å²) in [6, 6.07) is 2.99. The number of rotatable bonds is 2. The molecule has 0 aliphatic carbocycles. The number of ether oxygens (including phenoxy) is 1. The molecular weight excluding hydrogens is 327 g/mol. The van der Waals surface area contributed by atoms with Crippen LogP contribution in [-0.2, 0) is 4.74 Å². The standard InChI is InChI=1S/C18H17FN2O2S/c1-12-9-21(10-13(2)23-12)18-15(11-22)7-14(8-16(18)19)3-4-17-20-5-6-24-17/h5-8,11-13H,9-10H2,1-2H3. The van der Waals surface area contributed by atoms with Gasteiger partial charge in [-0.25, -0.2) is 9.37 Å². The van der Waals surface area contributed by atoms with E-state index >= 15 is 0 Å². The van der Waals surface area contributed by atoms with Crippen molar-refractivity contribution in [1.82, 2.24) is 4.98 Å². The fraction of sp³-hybridized carbons (Fsp3) is 0.333. The molecule has 0 saturated carbocycles. The second-order valence-electron chi connectivity index (χ2n) is 5.76. The first-order chi connectivity index (χ1) is 11.6. The van der Waals surface area contributed by atoms with Gasteiger partial charge in [0.05, 0.1) is 17.9 Å². The molecule has 4 nitrogen and oxygen atoms in total. The maximum absolute atomic E-state index is 14.7. The van der Waals surface area contributed by atoms with Gasteiger partial charge in [0.1, 0.15) is 5.82 Å². The molecule has 2 unspecified atom stereocenters. The second-order valence-corrected chi connectivity index (χ2v) is 6.66. The van der Waals surface area contributed by atoms with Gasteiger partial charge in [0.25, 0.3) is 0 Å². The number of hydrogen-bond acceptors (Lipinski definition) is 5. The van der Waals surface area contributed by atoms with E-state index in [1.165, 1.54) is 17.4 Å². The van der Waals surface area contributed by atoms with Gasteiger partial charge in [-0.1, -0.05) is 5.92 Å². The third-order valence-electron chi connectivity index (χ3n) is 3.70. The fourth-order valence-electron chi connectivity index (χ4n) is 2.89. The summed E-state index contributed by atoms with van der Waals surface area (Å²) in [6.07, 6.45) is 2.31. The maximum atomic E-state index is 14.7. The Labute approximate surface area is 144 Å². The summed E-state index contributed by atoms with van der Waals surface area (Å²) >= 11 is 1.41. The molecule has 0 radical (unpaired) electrons. The van der Waals surface area contributed by atoms with Gasteiger partial charge in [0.15, 0.2) is 11.3 Å². The van der Waals surface area contributed by atoms with Crippen LogP contribution >= 0.6 is 11.3 Å². The number of benzene rings is 1. The Morgan fingerprint density at radius 3 is 2.71 bits per heavy atom. The first kappa shape index (κ1) is 16.6. The Morgan fingerprint density at radius 1 is 1.33 bits per heavy atom. The number of nitrogens with zero attached hydrogens (tertiary/aromatic N) is 2. The van der Waals surface area contributed by atoms with Crippen LogP contribution in [-0.4, -0.2) is 36.6 Å². The summed E-state index contributed by atoms with van der Waals surface area (Å²) in [6.45, 7) is 4.97. The number of anilines is 1. The molecule has 3 rings (SSSR count). The van der Waals surface area contributed by atoms with Gasteiger partial charge in [-0.2, -0.15) is 0 Å². The van der Waals surface area contributed by atoms with E-state index in [-0.39, 0.29) is 12.2 Å². The Kier molecular flexibility index (Phi) is 4.93. The molecule has 1 aromatic carbocycles. The summed E-state index contributed by atoms with van der Waals surface area (Å²) in [5, 5.41) is 2.48. The number of carbonyl (C=O) groups excluding carboxylic acids is 1. The molecule has 1 aliphatic rings. The molecule has 0 amide bonds. The smallest absolute Gasteiger partial charge is 0.167 e. The van der Waals surface area contributed by atoms with Crippen molar-refractivity contribution in [2.75, 3.05) is 18.0 Å². The predicted molar refractivity (Wildman–Crippen MR) is 92.1 cm³/mol. The highest BCUT2D eigenvalue weighted by molar-refractivity contribution is 7.10. The summed E-state index contributed by atoms with van der Waals surface area (Å²) in [5.41, 5.74) is 1.09. The molecule has 1 fully saturated rings. The zero-order valence-electron chi connectivity index (χ0n) is 13.5. The zero-order valence-corrected chi connectivity index (χ0v) is 14.3. The number of carbonyl (C=O) groups is 1. The highest BCUT2D eigenvalue weighted by Crippen LogP contribution is 2.28. The Bertz CT molecular complexity index is 785. The van der Waals surface area contributed by atoms with Gasteiger partial charge in [-0.05, 0) is 31.9 Å². The molecule has 0 N–H and O–H groups in total. The van der Waals surface area contributed by atoms with Crippen LogP contribution in [0.4, 0.5) is 10.1 Å². The molecule has 0 spiro atoms. The summed E-state index contributed by atoms with van der Waals surface area (Å²) in [7, 11) is 0. The summed E-state index contributed by atoms with van der Waals surface area (Å²) < 4.78 is 20.4. The number of hydrogen-bond donors (Lipinski definition) is 0. The predicted octanol–water partition coefficient (Wildman–Crippen LogP) is 3.11. The van der Waals surface area contributed by atoms with E-state index < -0.39 is 5.82 Å². The molecule has 2 heterocycles. The Morgan fingerprint density at radius 2 is 2.08 bits per heavy atom. The van der Waals surface area contributed by atoms with Crippen LogP contribution in [0, 0.1) is 17.7 Å². The van der Waals surface area contributed by atoms with E-state index in [0.717, 1.165) is 0 Å². The fourth-order valence-corrected chi connectivity index (χ4v) is 3.37. The molecule has 6 heteroatoms. The third-order valence-corrected chi connectivity index (χ3v) is 4.39. The van der Waals surface area contributed by atoms with Crippen LogP contribution in [0.15, 0.2) is 23.7 Å². The number of aromatic nitrogens is 1. The molecule has 1 saturated heterocycles. The summed E-state index contributed by atoms with van der Waals surface area (Å²) in [4.78, 5) is 17.4. The number of thiazole rings is 1. The lowest BCUT2D eigenvalue weighted by Gasteiger charge is -2.37. The van der Waals surface area contributed by atoms with Gasteiger partial charge in [-0.3, -0.25) is 4.79 Å². The monoisotopic (exact) mass is 344 g/mol. The van der Waals surface area contributed by atoms with Gasteiger partial charge in [-0.15, -0.1) is 11.3 Å². The lowest BCUT2D eigenvalue weighted by molar-refractivity contribution is -0.00543. The molecule has 1 aromatic heterocycles. The minimum Gasteiger partial charge on any atom is -0.372 e. The third kappa shape index (κ3) is 3.64. The quantitative estimate of drug-likeness (QED) is 0.620. The number of morpholine rings is 1. The van der Waals surface area contributed by atoms with E-state index in [1.807, 2.05) is 24.1 Å². The van der Waals surface area contributed by atoms with Crippen molar-refractivity contribution in [1.29, 1.82) is 0 Å². The van der Waals surface area contributed by atoms with Crippen LogP contribution in [0.3, 0.4) is 0 Å². The van der Waals surface area contributed by atoms with Crippen molar-refractivity contribution in [3.63, 3.8) is 0 Å². The second kappa shape index (κ2) is 7.12. The van der Waals surface area contributed by atoms with Crippen LogP contribution < -0.4 is 4.90 Å². The minimum atomic E-state index is -0.440. The van der Waals surface area contributed by atoms with Crippen LogP contribution in [0.2, 0.25) is 0 Å². The van der Waals surface area contributed by atoms with Crippen LogP contribution in [0.1, 0.15) is 34.8 Å². The zero-order chi connectivity index (χ0) is 17.1. The molecule has 124 valence electrons. The van der Waals surface area contributed by atoms with E-state index in [0.29, 0.717) is 41.2 Å². The average Bonchev–Trinajstić information content (AvgIpc) is 3.04. The number of halogens is 1. The molecule has 0 bridgehead atoms. The van der Waals surface area contributed by atoms with Gasteiger partial charge >= 0.3 is 0 Å². The van der Waals surface area contributed by atoms with Crippen molar-refractivity contribution in [2.24, 2.45) is 0 Å². The first-order valence-corrected chi connectivity index (χ1v) is 8.55. The molecule has 24 heavy (non-hydrogen) atoms. The SMILES string of the molecule is CC1CN(c2c(F)cc(C#Cc3nccs3)cc2C=O)CC(C)O1. The van der Waals surface area contributed by atoms with Crippen molar-refractivity contribution in [2.45, 2.75) is 26.1 Å². The average molecular weight is 344 g/mol. The van der Waals surface area contributed by atoms with Gasteiger partial charge in [0.2, 0.25) is 0 Å². The highest BCUT2D eigenvalue weighted by atomic mass is 32.1. The molecule has 1 aliphatic heterocycles. The lowest BCUT2D eigenvalue weighted by atomic mass is 10.1. The van der Waals surface area contributed by atoms with Crippen molar-refractivity contribution in [3.8, 4) is 11.8 Å². The first-order valence-electron chi connectivity index (χ1n) is 7.67. The molecule has 2 aromatic rings. The Hall–Kier alpha value is -2.23. The van der Waals surface area contributed by atoms with Crippen LogP contribution in [0.25, 0.3) is 0 Å². The van der Waals surface area contributed by atoms with Gasteiger partial charge in [0, 0.05) is 35.8 Å². The van der Waals surface area contributed by atoms with Gasteiger partial charge < -0.3 is 9.64 Å². The van der Waals surface area contributed by atoms with E-state index in [2.05, 4.69) is 16.8 Å². The van der Waals surface area contributed by atoms with Crippen molar-refractivity contribution in [3.05, 3.63) is 45.7 Å². The van der Waals surface area contributed by atoms with E-state index in [1.54, 1.807) is 12.3 Å².